The zero-order valence-electron chi connectivity index (χ0n) is 9.54. The number of nitrogens with two attached hydrogens (primary N) is 1. The zero-order chi connectivity index (χ0) is 11.5. The van der Waals surface area contributed by atoms with Crippen molar-refractivity contribution in [3.8, 4) is 0 Å². The van der Waals surface area contributed by atoms with Crippen LogP contribution in [0.15, 0.2) is 24.4 Å². The number of hydrogen-bond donors (Lipinski definition) is 3. The van der Waals surface area contributed by atoms with Gasteiger partial charge in [-0.05, 0) is 31.5 Å². The van der Waals surface area contributed by atoms with Crippen molar-refractivity contribution in [2.45, 2.75) is 20.4 Å². The minimum absolute atomic E-state index is 0.757. The van der Waals surface area contributed by atoms with E-state index in [1.54, 1.807) is 0 Å². The van der Waals surface area contributed by atoms with Crippen molar-refractivity contribution in [1.29, 1.82) is 0 Å². The maximum atomic E-state index is 5.75. The molecule has 2 aromatic rings. The van der Waals surface area contributed by atoms with Crippen LogP contribution in [0.3, 0.4) is 0 Å². The standard InChI is InChI=1S/C12H16N4/c1-8-3-4-11(13)5-12(8)14-6-10-7-15-16-9(10)2/h3-5,7,14H,6,13H2,1-2H3,(H,15,16). The Kier molecular flexibility index (Phi) is 2.81. The minimum atomic E-state index is 0.757. The molecule has 0 aliphatic heterocycles. The van der Waals surface area contributed by atoms with E-state index in [-0.39, 0.29) is 0 Å². The van der Waals surface area contributed by atoms with Gasteiger partial charge in [0.1, 0.15) is 0 Å². The van der Waals surface area contributed by atoms with Gasteiger partial charge in [0.25, 0.3) is 0 Å². The summed E-state index contributed by atoms with van der Waals surface area (Å²) in [5.41, 5.74) is 11.0. The lowest BCUT2D eigenvalue weighted by molar-refractivity contribution is 1.04. The molecule has 0 saturated carbocycles. The molecule has 16 heavy (non-hydrogen) atoms. The van der Waals surface area contributed by atoms with Gasteiger partial charge < -0.3 is 11.1 Å². The van der Waals surface area contributed by atoms with Crippen LogP contribution in [0, 0.1) is 13.8 Å². The van der Waals surface area contributed by atoms with Crippen LogP contribution in [0.4, 0.5) is 11.4 Å². The van der Waals surface area contributed by atoms with Gasteiger partial charge in [-0.2, -0.15) is 5.10 Å². The molecular weight excluding hydrogens is 200 g/mol. The molecule has 4 heteroatoms. The number of aromatic nitrogens is 2. The molecule has 1 heterocycles. The van der Waals surface area contributed by atoms with Crippen molar-refractivity contribution in [2.75, 3.05) is 11.1 Å². The smallest absolute Gasteiger partial charge is 0.0539 e. The second kappa shape index (κ2) is 4.26. The lowest BCUT2D eigenvalue weighted by atomic mass is 10.1. The van der Waals surface area contributed by atoms with E-state index in [1.807, 2.05) is 31.3 Å². The molecule has 0 bridgehead atoms. The van der Waals surface area contributed by atoms with Crippen LogP contribution >= 0.6 is 0 Å². The molecule has 0 saturated heterocycles. The Morgan fingerprint density at radius 2 is 2.19 bits per heavy atom. The van der Waals surface area contributed by atoms with Crippen molar-refractivity contribution in [3.63, 3.8) is 0 Å². The van der Waals surface area contributed by atoms with Gasteiger partial charge in [0.05, 0.1) is 6.20 Å². The second-order valence-electron chi connectivity index (χ2n) is 3.95. The van der Waals surface area contributed by atoms with Gasteiger partial charge in [0, 0.05) is 29.2 Å². The minimum Gasteiger partial charge on any atom is -0.399 e. The van der Waals surface area contributed by atoms with E-state index in [0.29, 0.717) is 0 Å². The summed E-state index contributed by atoms with van der Waals surface area (Å²) >= 11 is 0. The maximum absolute atomic E-state index is 5.75. The van der Waals surface area contributed by atoms with E-state index >= 15 is 0 Å². The van der Waals surface area contributed by atoms with Crippen LogP contribution in [0.1, 0.15) is 16.8 Å². The number of hydrogen-bond acceptors (Lipinski definition) is 3. The quantitative estimate of drug-likeness (QED) is 0.689. The lowest BCUT2D eigenvalue weighted by Crippen LogP contribution is -2.02. The highest BCUT2D eigenvalue weighted by molar-refractivity contribution is 5.59. The molecule has 0 radical (unpaired) electrons. The zero-order valence-corrected chi connectivity index (χ0v) is 9.54. The molecule has 4 nitrogen and oxygen atoms in total. The molecule has 0 atom stereocenters. The summed E-state index contributed by atoms with van der Waals surface area (Å²) in [5.74, 6) is 0. The van der Waals surface area contributed by atoms with Gasteiger partial charge in [-0.15, -0.1) is 0 Å². The first-order valence-corrected chi connectivity index (χ1v) is 5.25. The van der Waals surface area contributed by atoms with E-state index in [9.17, 15) is 0 Å². The summed E-state index contributed by atoms with van der Waals surface area (Å²) in [6, 6.07) is 5.87. The Balaban J connectivity index is 2.10. The molecule has 84 valence electrons. The van der Waals surface area contributed by atoms with E-state index < -0.39 is 0 Å². The highest BCUT2D eigenvalue weighted by atomic mass is 15.1. The van der Waals surface area contributed by atoms with Gasteiger partial charge in [-0.3, -0.25) is 5.10 Å². The molecule has 0 fully saturated rings. The fourth-order valence-corrected chi connectivity index (χ4v) is 1.57. The number of nitrogens with one attached hydrogen (secondary N) is 2. The number of aryl methyl sites for hydroxylation is 2. The first-order valence-electron chi connectivity index (χ1n) is 5.25. The highest BCUT2D eigenvalue weighted by Crippen LogP contribution is 2.19. The molecule has 2 rings (SSSR count). The molecule has 0 spiro atoms. The van der Waals surface area contributed by atoms with Crippen LogP contribution in [0.5, 0.6) is 0 Å². The normalized spacial score (nSPS) is 10.4. The first kappa shape index (κ1) is 10.5. The second-order valence-corrected chi connectivity index (χ2v) is 3.95. The Morgan fingerprint density at radius 3 is 2.88 bits per heavy atom. The average molecular weight is 216 g/mol. The Bertz CT molecular complexity index is 488. The number of aromatic amines is 1. The van der Waals surface area contributed by atoms with Crippen LogP contribution in [-0.2, 0) is 6.54 Å². The van der Waals surface area contributed by atoms with E-state index in [0.717, 1.165) is 23.6 Å². The van der Waals surface area contributed by atoms with Crippen LogP contribution in [-0.4, -0.2) is 10.2 Å². The molecule has 0 unspecified atom stereocenters. The van der Waals surface area contributed by atoms with Crippen LogP contribution in [0.25, 0.3) is 0 Å². The van der Waals surface area contributed by atoms with Gasteiger partial charge in [-0.25, -0.2) is 0 Å². The van der Waals surface area contributed by atoms with Gasteiger partial charge >= 0.3 is 0 Å². The Hall–Kier alpha value is -1.97. The number of nitrogens with zero attached hydrogens (tertiary/aromatic N) is 1. The highest BCUT2D eigenvalue weighted by Gasteiger charge is 2.02. The molecular formula is C12H16N4. The van der Waals surface area contributed by atoms with Crippen molar-refractivity contribution in [2.24, 2.45) is 0 Å². The largest absolute Gasteiger partial charge is 0.399 e. The lowest BCUT2D eigenvalue weighted by Gasteiger charge is -2.09. The van der Waals surface area contributed by atoms with E-state index in [1.165, 1.54) is 11.1 Å². The van der Waals surface area contributed by atoms with Crippen molar-refractivity contribution in [3.05, 3.63) is 41.2 Å². The summed E-state index contributed by atoms with van der Waals surface area (Å²) in [6.07, 6.45) is 1.84. The van der Waals surface area contributed by atoms with Crippen molar-refractivity contribution in [1.82, 2.24) is 10.2 Å². The summed E-state index contributed by atoms with van der Waals surface area (Å²) in [4.78, 5) is 0. The number of H-pyrrole nitrogens is 1. The predicted octanol–water partition coefficient (Wildman–Crippen LogP) is 2.22. The molecule has 4 N–H and O–H groups in total. The first-order chi connectivity index (χ1) is 7.66. The predicted molar refractivity (Wildman–Crippen MR) is 66.2 cm³/mol. The van der Waals surface area contributed by atoms with Crippen molar-refractivity contribution >= 4 is 11.4 Å². The third kappa shape index (κ3) is 2.16. The number of benzene rings is 1. The molecule has 0 aliphatic rings. The maximum Gasteiger partial charge on any atom is 0.0539 e. The van der Waals surface area contributed by atoms with Gasteiger partial charge in [0.2, 0.25) is 0 Å². The SMILES string of the molecule is Cc1ccc(N)cc1NCc1cn[nH]c1C. The summed E-state index contributed by atoms with van der Waals surface area (Å²) in [5, 5.41) is 10.3. The Labute approximate surface area is 94.9 Å². The molecule has 1 aromatic carbocycles. The van der Waals surface area contributed by atoms with Gasteiger partial charge in [0.15, 0.2) is 0 Å². The topological polar surface area (TPSA) is 66.7 Å². The van der Waals surface area contributed by atoms with Crippen molar-refractivity contribution < 1.29 is 0 Å². The van der Waals surface area contributed by atoms with Crippen LogP contribution in [0.2, 0.25) is 0 Å². The number of nitrogen functional groups attached to an aromatic ring is 1. The van der Waals surface area contributed by atoms with Gasteiger partial charge in [-0.1, -0.05) is 6.07 Å². The fourth-order valence-electron chi connectivity index (χ4n) is 1.57. The average Bonchev–Trinajstić information content (AvgIpc) is 2.66. The number of rotatable bonds is 3. The number of anilines is 2. The monoisotopic (exact) mass is 216 g/mol. The summed E-state index contributed by atoms with van der Waals surface area (Å²) in [6.45, 7) is 4.83. The fraction of sp³-hybridized carbons (Fsp3) is 0.250. The summed E-state index contributed by atoms with van der Waals surface area (Å²) < 4.78 is 0. The van der Waals surface area contributed by atoms with E-state index in [2.05, 4.69) is 22.4 Å². The van der Waals surface area contributed by atoms with E-state index in [4.69, 9.17) is 5.73 Å². The summed E-state index contributed by atoms with van der Waals surface area (Å²) in [7, 11) is 0. The Morgan fingerprint density at radius 1 is 1.38 bits per heavy atom. The van der Waals surface area contributed by atoms with Crippen LogP contribution < -0.4 is 11.1 Å². The molecule has 1 aromatic heterocycles. The molecule has 0 aliphatic carbocycles. The molecule has 0 amide bonds. The third-order valence-corrected chi connectivity index (χ3v) is 2.67. The third-order valence-electron chi connectivity index (χ3n) is 2.67.